The summed E-state index contributed by atoms with van der Waals surface area (Å²) in [6.07, 6.45) is 0.818. The van der Waals surface area contributed by atoms with Crippen molar-refractivity contribution in [2.24, 2.45) is 0 Å². The monoisotopic (exact) mass is 192 g/mol. The van der Waals surface area contributed by atoms with Crippen LogP contribution in [0, 0.1) is 0 Å². The summed E-state index contributed by atoms with van der Waals surface area (Å²) in [7, 11) is 1.85. The van der Waals surface area contributed by atoms with Gasteiger partial charge in [0.15, 0.2) is 6.29 Å². The number of hydrogen-bond donors (Lipinski definition) is 1. The molecule has 1 N–H and O–H groups in total. The van der Waals surface area contributed by atoms with Crippen LogP contribution in [0.2, 0.25) is 0 Å². The number of aldehydes is 1. The number of nitrogens with zero attached hydrogens (tertiary/aromatic N) is 1. The van der Waals surface area contributed by atoms with Crippen molar-refractivity contribution in [1.29, 1.82) is 0 Å². The van der Waals surface area contributed by atoms with Crippen LogP contribution in [0.1, 0.15) is 41.5 Å². The van der Waals surface area contributed by atoms with E-state index in [2.05, 4.69) is 24.1 Å². The van der Waals surface area contributed by atoms with Gasteiger partial charge in [-0.1, -0.05) is 19.9 Å². The maximum atomic E-state index is 10.8. The molecule has 0 saturated carbocycles. The summed E-state index contributed by atoms with van der Waals surface area (Å²) in [6, 6.07) is 3.94. The van der Waals surface area contributed by atoms with E-state index in [0.717, 1.165) is 17.5 Å². The van der Waals surface area contributed by atoms with E-state index in [4.69, 9.17) is 0 Å². The maximum absolute atomic E-state index is 10.8. The van der Waals surface area contributed by atoms with E-state index in [1.807, 2.05) is 19.2 Å². The fraction of sp³-hybridized carbons (Fsp3) is 0.455. The van der Waals surface area contributed by atoms with E-state index >= 15 is 0 Å². The van der Waals surface area contributed by atoms with Gasteiger partial charge in [-0.25, -0.2) is 4.98 Å². The Hall–Kier alpha value is -1.22. The molecule has 0 atom stereocenters. The molecule has 0 unspecified atom stereocenters. The molecule has 0 saturated heterocycles. The van der Waals surface area contributed by atoms with E-state index in [9.17, 15) is 4.79 Å². The lowest BCUT2D eigenvalue weighted by molar-refractivity contribution is 0.111. The van der Waals surface area contributed by atoms with Gasteiger partial charge >= 0.3 is 0 Å². The van der Waals surface area contributed by atoms with Gasteiger partial charge < -0.3 is 5.32 Å². The quantitative estimate of drug-likeness (QED) is 0.739. The number of hydrogen-bond acceptors (Lipinski definition) is 3. The molecule has 0 fully saturated rings. The highest BCUT2D eigenvalue weighted by molar-refractivity contribution is 5.74. The Kier molecular flexibility index (Phi) is 3.77. The van der Waals surface area contributed by atoms with Crippen LogP contribution in [0.5, 0.6) is 0 Å². The molecule has 0 bridgehead atoms. The summed E-state index contributed by atoms with van der Waals surface area (Å²) in [5, 5.41) is 3.01. The first-order chi connectivity index (χ1) is 6.69. The third kappa shape index (κ3) is 2.39. The number of carbonyl (C=O) groups is 1. The van der Waals surface area contributed by atoms with Gasteiger partial charge in [0.05, 0.1) is 0 Å². The zero-order chi connectivity index (χ0) is 10.6. The smallest absolute Gasteiger partial charge is 0.168 e. The average Bonchev–Trinajstić information content (AvgIpc) is 2.18. The molecule has 3 nitrogen and oxygen atoms in total. The first kappa shape index (κ1) is 10.9. The topological polar surface area (TPSA) is 42.0 Å². The van der Waals surface area contributed by atoms with Crippen molar-refractivity contribution in [2.45, 2.75) is 26.3 Å². The Morgan fingerprint density at radius 3 is 2.71 bits per heavy atom. The standard InChI is InChI=1S/C11H16N2O/c1-8(2)10-5-4-9(6-12-3)11(7-14)13-10/h4-5,7-8,12H,6H2,1-3H3. The fourth-order valence-electron chi connectivity index (χ4n) is 1.28. The first-order valence-electron chi connectivity index (χ1n) is 4.78. The lowest BCUT2D eigenvalue weighted by atomic mass is 10.1. The zero-order valence-electron chi connectivity index (χ0n) is 8.87. The predicted molar refractivity (Wildman–Crippen MR) is 56.5 cm³/mol. The molecule has 0 amide bonds. The normalized spacial score (nSPS) is 10.6. The minimum Gasteiger partial charge on any atom is -0.316 e. The first-order valence-corrected chi connectivity index (χ1v) is 4.78. The molecule has 0 aliphatic rings. The number of pyridine rings is 1. The maximum Gasteiger partial charge on any atom is 0.168 e. The number of nitrogens with one attached hydrogen (secondary N) is 1. The van der Waals surface area contributed by atoms with Crippen LogP contribution < -0.4 is 5.32 Å². The van der Waals surface area contributed by atoms with Crippen molar-refractivity contribution in [2.75, 3.05) is 7.05 Å². The summed E-state index contributed by atoms with van der Waals surface area (Å²) in [4.78, 5) is 15.1. The summed E-state index contributed by atoms with van der Waals surface area (Å²) in [5.74, 6) is 0.359. The summed E-state index contributed by atoms with van der Waals surface area (Å²) >= 11 is 0. The zero-order valence-corrected chi connectivity index (χ0v) is 8.87. The van der Waals surface area contributed by atoms with E-state index in [-0.39, 0.29) is 0 Å². The second-order valence-corrected chi connectivity index (χ2v) is 3.58. The second-order valence-electron chi connectivity index (χ2n) is 3.58. The van der Waals surface area contributed by atoms with Crippen LogP contribution in [0.25, 0.3) is 0 Å². The minimum atomic E-state index is 0.359. The molecule has 0 aliphatic carbocycles. The predicted octanol–water partition coefficient (Wildman–Crippen LogP) is 1.74. The van der Waals surface area contributed by atoms with Crippen LogP contribution in [0.4, 0.5) is 0 Å². The Morgan fingerprint density at radius 1 is 1.50 bits per heavy atom. The van der Waals surface area contributed by atoms with E-state index in [1.54, 1.807) is 0 Å². The van der Waals surface area contributed by atoms with Crippen molar-refractivity contribution in [3.05, 3.63) is 29.1 Å². The lowest BCUT2D eigenvalue weighted by Crippen LogP contribution is -2.10. The highest BCUT2D eigenvalue weighted by atomic mass is 16.1. The van der Waals surface area contributed by atoms with E-state index < -0.39 is 0 Å². The lowest BCUT2D eigenvalue weighted by Gasteiger charge is -2.08. The van der Waals surface area contributed by atoms with Gasteiger partial charge in [0.25, 0.3) is 0 Å². The Bertz CT molecular complexity index is 321. The molecule has 0 radical (unpaired) electrons. The number of rotatable bonds is 4. The Labute approximate surface area is 84.6 Å². The number of carbonyl (C=O) groups excluding carboxylic acids is 1. The van der Waals surface area contributed by atoms with Gasteiger partial charge in [0.1, 0.15) is 5.69 Å². The highest BCUT2D eigenvalue weighted by Crippen LogP contribution is 2.13. The third-order valence-corrected chi connectivity index (χ3v) is 2.10. The fourth-order valence-corrected chi connectivity index (χ4v) is 1.28. The molecule has 1 rings (SSSR count). The molecule has 0 aromatic carbocycles. The number of aromatic nitrogens is 1. The van der Waals surface area contributed by atoms with Gasteiger partial charge in [-0.2, -0.15) is 0 Å². The summed E-state index contributed by atoms with van der Waals surface area (Å²) < 4.78 is 0. The van der Waals surface area contributed by atoms with Gasteiger partial charge in [-0.3, -0.25) is 4.79 Å². The van der Waals surface area contributed by atoms with Crippen molar-refractivity contribution in [1.82, 2.24) is 10.3 Å². The molecule has 1 heterocycles. The molecule has 14 heavy (non-hydrogen) atoms. The second kappa shape index (κ2) is 4.86. The van der Waals surface area contributed by atoms with E-state index in [1.165, 1.54) is 0 Å². The van der Waals surface area contributed by atoms with Crippen LogP contribution >= 0.6 is 0 Å². The molecular weight excluding hydrogens is 176 g/mol. The molecule has 1 aromatic rings. The minimum absolute atomic E-state index is 0.359. The molecule has 76 valence electrons. The van der Waals surface area contributed by atoms with Crippen LogP contribution in [0.3, 0.4) is 0 Å². The summed E-state index contributed by atoms with van der Waals surface area (Å²) in [6.45, 7) is 4.81. The van der Waals surface area contributed by atoms with Crippen LogP contribution in [-0.2, 0) is 6.54 Å². The third-order valence-electron chi connectivity index (χ3n) is 2.10. The van der Waals surface area contributed by atoms with Gasteiger partial charge in [0, 0.05) is 12.2 Å². The van der Waals surface area contributed by atoms with Gasteiger partial charge in [-0.15, -0.1) is 0 Å². The Morgan fingerprint density at radius 2 is 2.21 bits per heavy atom. The molecule has 0 spiro atoms. The molecule has 3 heteroatoms. The SMILES string of the molecule is CNCc1ccc(C(C)C)nc1C=O. The Balaban J connectivity index is 3.04. The van der Waals surface area contributed by atoms with Gasteiger partial charge in [-0.05, 0) is 24.6 Å². The largest absolute Gasteiger partial charge is 0.316 e. The van der Waals surface area contributed by atoms with Crippen molar-refractivity contribution < 1.29 is 4.79 Å². The van der Waals surface area contributed by atoms with Gasteiger partial charge in [0.2, 0.25) is 0 Å². The summed E-state index contributed by atoms with van der Waals surface area (Å²) in [5.41, 5.74) is 2.46. The van der Waals surface area contributed by atoms with Crippen molar-refractivity contribution >= 4 is 6.29 Å². The van der Waals surface area contributed by atoms with E-state index in [0.29, 0.717) is 18.2 Å². The van der Waals surface area contributed by atoms with Crippen molar-refractivity contribution in [3.63, 3.8) is 0 Å². The average molecular weight is 192 g/mol. The molecule has 1 aromatic heterocycles. The molecular formula is C11H16N2O. The highest BCUT2D eigenvalue weighted by Gasteiger charge is 2.06. The molecule has 0 aliphatic heterocycles. The van der Waals surface area contributed by atoms with Crippen molar-refractivity contribution in [3.8, 4) is 0 Å². The van der Waals surface area contributed by atoms with Crippen LogP contribution in [0.15, 0.2) is 12.1 Å². The van der Waals surface area contributed by atoms with Crippen LogP contribution in [-0.4, -0.2) is 18.3 Å².